The van der Waals surface area contributed by atoms with Gasteiger partial charge in [-0.1, -0.05) is 30.3 Å². The summed E-state index contributed by atoms with van der Waals surface area (Å²) in [6.45, 7) is -0.627. The number of rotatable bonds is 7. The third-order valence-electron chi connectivity index (χ3n) is 2.60. The highest BCUT2D eigenvalue weighted by molar-refractivity contribution is 7.75. The lowest BCUT2D eigenvalue weighted by Gasteiger charge is -2.17. The normalized spacial score (nSPS) is 15.1. The smallest absolute Gasteiger partial charge is 0.326 e. The molecule has 1 amide bonds. The SMILES string of the molecule is O=C(O)[C@H](Cc1ccccc1)NC(=O)P(=O)(O)CCO. The number of amides is 1. The molecule has 0 aliphatic rings. The summed E-state index contributed by atoms with van der Waals surface area (Å²) in [4.78, 5) is 32.0. The van der Waals surface area contributed by atoms with E-state index in [1.165, 1.54) is 0 Å². The van der Waals surface area contributed by atoms with Crippen molar-refractivity contribution in [3.8, 4) is 0 Å². The number of aliphatic hydroxyl groups is 1. The van der Waals surface area contributed by atoms with Gasteiger partial charge in [0.05, 0.1) is 12.8 Å². The molecule has 0 spiro atoms. The van der Waals surface area contributed by atoms with Crippen LogP contribution in [0, 0.1) is 0 Å². The van der Waals surface area contributed by atoms with Gasteiger partial charge >= 0.3 is 11.6 Å². The van der Waals surface area contributed by atoms with Crippen LogP contribution < -0.4 is 5.32 Å². The van der Waals surface area contributed by atoms with Crippen LogP contribution in [0.15, 0.2) is 30.3 Å². The molecule has 0 bridgehead atoms. The largest absolute Gasteiger partial charge is 0.480 e. The van der Waals surface area contributed by atoms with E-state index in [9.17, 15) is 19.0 Å². The molecule has 0 aromatic heterocycles. The summed E-state index contributed by atoms with van der Waals surface area (Å²) in [6.07, 6.45) is -0.600. The minimum Gasteiger partial charge on any atom is -0.480 e. The van der Waals surface area contributed by atoms with Gasteiger partial charge in [0, 0.05) is 6.42 Å². The van der Waals surface area contributed by atoms with Gasteiger partial charge in [0.2, 0.25) is 0 Å². The molecule has 7 nitrogen and oxygen atoms in total. The van der Waals surface area contributed by atoms with E-state index in [1.54, 1.807) is 30.3 Å². The molecular formula is C12H16NO6P. The van der Waals surface area contributed by atoms with E-state index in [0.717, 1.165) is 0 Å². The van der Waals surface area contributed by atoms with Crippen LogP contribution in [0.4, 0.5) is 4.79 Å². The van der Waals surface area contributed by atoms with Gasteiger partial charge in [0.25, 0.3) is 7.37 Å². The first-order chi connectivity index (χ1) is 9.36. The van der Waals surface area contributed by atoms with E-state index in [4.69, 9.17) is 10.2 Å². The lowest BCUT2D eigenvalue weighted by Crippen LogP contribution is -2.41. The van der Waals surface area contributed by atoms with E-state index in [1.807, 2.05) is 5.32 Å². The second-order valence-electron chi connectivity index (χ2n) is 4.18. The van der Waals surface area contributed by atoms with Gasteiger partial charge in [-0.25, -0.2) is 4.79 Å². The molecule has 1 unspecified atom stereocenters. The standard InChI is InChI=1S/C12H16NO6P/c14-6-7-20(18,19)12(17)13-10(11(15)16)8-9-4-2-1-3-5-9/h1-5,10,14H,6-8H2,(H,13,17)(H,15,16)(H,18,19)/t10-/m0/s1. The maximum Gasteiger partial charge on any atom is 0.326 e. The maximum absolute atomic E-state index is 11.6. The number of aliphatic carboxylic acids is 1. The first kappa shape index (κ1) is 16.4. The van der Waals surface area contributed by atoms with Gasteiger partial charge < -0.3 is 20.4 Å². The van der Waals surface area contributed by atoms with Crippen molar-refractivity contribution >= 4 is 19.0 Å². The van der Waals surface area contributed by atoms with Crippen LogP contribution in [0.3, 0.4) is 0 Å². The lowest BCUT2D eigenvalue weighted by atomic mass is 10.1. The summed E-state index contributed by atoms with van der Waals surface area (Å²) in [5, 5.41) is 19.7. The predicted octanol–water partition coefficient (Wildman–Crippen LogP) is 0.655. The Bertz CT molecular complexity index is 518. The summed E-state index contributed by atoms with van der Waals surface area (Å²) in [7, 11) is -4.25. The van der Waals surface area contributed by atoms with E-state index in [2.05, 4.69) is 0 Å². The second-order valence-corrected chi connectivity index (χ2v) is 6.44. The monoisotopic (exact) mass is 301 g/mol. The Morgan fingerprint density at radius 1 is 1.25 bits per heavy atom. The van der Waals surface area contributed by atoms with Crippen molar-refractivity contribution in [3.63, 3.8) is 0 Å². The van der Waals surface area contributed by atoms with Gasteiger partial charge in [-0.2, -0.15) is 0 Å². The van der Waals surface area contributed by atoms with Crippen molar-refractivity contribution in [3.05, 3.63) is 35.9 Å². The molecule has 8 heteroatoms. The lowest BCUT2D eigenvalue weighted by molar-refractivity contribution is -0.139. The Morgan fingerprint density at radius 3 is 2.35 bits per heavy atom. The molecule has 1 aromatic rings. The van der Waals surface area contributed by atoms with Gasteiger partial charge in [-0.15, -0.1) is 0 Å². The first-order valence-electron chi connectivity index (χ1n) is 5.87. The molecule has 20 heavy (non-hydrogen) atoms. The zero-order valence-electron chi connectivity index (χ0n) is 10.6. The summed E-state index contributed by atoms with van der Waals surface area (Å²) >= 11 is 0. The fourth-order valence-corrected chi connectivity index (χ4v) is 2.37. The summed E-state index contributed by atoms with van der Waals surface area (Å²) in [5.74, 6) is -1.30. The first-order valence-corrected chi connectivity index (χ1v) is 7.72. The van der Waals surface area contributed by atoms with Crippen molar-refractivity contribution in [2.24, 2.45) is 0 Å². The van der Waals surface area contributed by atoms with E-state index in [-0.39, 0.29) is 6.42 Å². The Balaban J connectivity index is 2.76. The van der Waals surface area contributed by atoms with Crippen LogP contribution in [0.25, 0.3) is 0 Å². The topological polar surface area (TPSA) is 124 Å². The van der Waals surface area contributed by atoms with Crippen LogP contribution in [-0.2, 0) is 15.8 Å². The van der Waals surface area contributed by atoms with Gasteiger partial charge in [0.15, 0.2) is 0 Å². The number of carbonyl (C=O) groups is 2. The molecule has 0 heterocycles. The van der Waals surface area contributed by atoms with Crippen LogP contribution >= 0.6 is 7.37 Å². The minimum absolute atomic E-state index is 0.00103. The van der Waals surface area contributed by atoms with Crippen molar-refractivity contribution in [1.29, 1.82) is 0 Å². The Kier molecular flexibility index (Phi) is 5.88. The Labute approximate surface area is 115 Å². The molecule has 0 aliphatic carbocycles. The van der Waals surface area contributed by atoms with Crippen LogP contribution in [0.5, 0.6) is 0 Å². The highest BCUT2D eigenvalue weighted by atomic mass is 31.2. The zero-order valence-corrected chi connectivity index (χ0v) is 11.5. The summed E-state index contributed by atoms with van der Waals surface area (Å²) < 4.78 is 11.5. The maximum atomic E-state index is 11.6. The van der Waals surface area contributed by atoms with E-state index in [0.29, 0.717) is 5.56 Å². The number of carboxylic acid groups (broad SMARTS) is 1. The van der Waals surface area contributed by atoms with Crippen LogP contribution in [0.2, 0.25) is 0 Å². The van der Waals surface area contributed by atoms with Crippen molar-refractivity contribution in [2.75, 3.05) is 12.8 Å². The fourth-order valence-electron chi connectivity index (χ4n) is 1.54. The highest BCUT2D eigenvalue weighted by Gasteiger charge is 2.32. The van der Waals surface area contributed by atoms with Crippen molar-refractivity contribution in [2.45, 2.75) is 12.5 Å². The number of nitrogens with one attached hydrogen (secondary N) is 1. The number of hydrogen-bond acceptors (Lipinski definition) is 4. The molecule has 0 saturated carbocycles. The molecule has 1 rings (SSSR count). The number of carbonyl (C=O) groups excluding carboxylic acids is 1. The number of carboxylic acids is 1. The molecule has 110 valence electrons. The average molecular weight is 301 g/mol. The third kappa shape index (κ3) is 4.77. The molecule has 0 fully saturated rings. The van der Waals surface area contributed by atoms with Crippen LogP contribution in [0.1, 0.15) is 5.56 Å². The predicted molar refractivity (Wildman–Crippen MR) is 71.9 cm³/mol. The second kappa shape index (κ2) is 7.19. The van der Waals surface area contributed by atoms with E-state index >= 15 is 0 Å². The summed E-state index contributed by atoms with van der Waals surface area (Å²) in [5.41, 5.74) is -0.579. The molecule has 0 saturated heterocycles. The van der Waals surface area contributed by atoms with Crippen molar-refractivity contribution < 1.29 is 29.3 Å². The van der Waals surface area contributed by atoms with Crippen molar-refractivity contribution in [1.82, 2.24) is 5.32 Å². The average Bonchev–Trinajstić information content (AvgIpc) is 2.38. The fraction of sp³-hybridized carbons (Fsp3) is 0.333. The third-order valence-corrected chi connectivity index (χ3v) is 4.17. The molecule has 4 N–H and O–H groups in total. The highest BCUT2D eigenvalue weighted by Crippen LogP contribution is 2.40. The number of hydrogen-bond donors (Lipinski definition) is 4. The van der Waals surface area contributed by atoms with Gasteiger partial charge in [-0.3, -0.25) is 9.36 Å². The Hall–Kier alpha value is -1.69. The van der Waals surface area contributed by atoms with Gasteiger partial charge in [-0.05, 0) is 5.56 Å². The van der Waals surface area contributed by atoms with Crippen LogP contribution in [-0.4, -0.2) is 45.5 Å². The quantitative estimate of drug-likeness (QED) is 0.548. The number of aliphatic hydroxyl groups excluding tert-OH is 1. The minimum atomic E-state index is -4.25. The molecule has 0 aliphatic heterocycles. The molecule has 1 aromatic carbocycles. The van der Waals surface area contributed by atoms with Gasteiger partial charge in [0.1, 0.15) is 6.04 Å². The molecule has 2 atom stereocenters. The summed E-state index contributed by atoms with van der Waals surface area (Å²) in [6, 6.07) is 7.28. The van der Waals surface area contributed by atoms with E-state index < -0.39 is 37.8 Å². The zero-order chi connectivity index (χ0) is 15.2. The Morgan fingerprint density at radius 2 is 1.85 bits per heavy atom. The number of benzene rings is 1. The molecular weight excluding hydrogens is 285 g/mol. The molecule has 0 radical (unpaired) electrons.